The summed E-state index contributed by atoms with van der Waals surface area (Å²) in [5.41, 5.74) is 0. The molecule has 0 aromatic rings. The van der Waals surface area contributed by atoms with Crippen LogP contribution in [0, 0.1) is 5.92 Å². The van der Waals surface area contributed by atoms with Crippen molar-refractivity contribution in [2.24, 2.45) is 5.92 Å². The van der Waals surface area contributed by atoms with Crippen molar-refractivity contribution in [3.63, 3.8) is 0 Å². The third-order valence-electron chi connectivity index (χ3n) is 2.67. The molecule has 1 aliphatic rings. The lowest BCUT2D eigenvalue weighted by atomic mass is 10.0. The van der Waals surface area contributed by atoms with E-state index in [2.05, 4.69) is 19.3 Å². The molecule has 1 rings (SSSR count). The van der Waals surface area contributed by atoms with E-state index in [1.165, 1.54) is 32.1 Å². The minimum absolute atomic E-state index is 0. The van der Waals surface area contributed by atoms with E-state index in [0.717, 1.165) is 12.0 Å². The summed E-state index contributed by atoms with van der Waals surface area (Å²) in [6, 6.07) is 0.810. The lowest BCUT2D eigenvalue weighted by molar-refractivity contribution is 0.475. The van der Waals surface area contributed by atoms with Crippen LogP contribution in [0.1, 0.15) is 40.5 Å². The van der Waals surface area contributed by atoms with Crippen LogP contribution in [0.2, 0.25) is 0 Å². The quantitative estimate of drug-likeness (QED) is 0.556. The number of hydrogen-bond acceptors (Lipinski definition) is 1. The van der Waals surface area contributed by atoms with Crippen LogP contribution in [0.5, 0.6) is 0 Å². The van der Waals surface area contributed by atoms with E-state index in [4.69, 9.17) is 0 Å². The molecule has 0 radical (unpaired) electrons. The van der Waals surface area contributed by atoms with Gasteiger partial charge in [0.25, 0.3) is 0 Å². The Hall–Kier alpha value is -0.0400. The fourth-order valence-corrected chi connectivity index (χ4v) is 1.78. The molecule has 0 aliphatic heterocycles. The number of rotatable bonds is 1. The van der Waals surface area contributed by atoms with Gasteiger partial charge in [-0.25, -0.2) is 0 Å². The molecule has 1 fully saturated rings. The predicted molar refractivity (Wildman–Crippen MR) is 47.2 cm³/mol. The molecule has 1 heteroatoms. The summed E-state index contributed by atoms with van der Waals surface area (Å²) in [6.07, 6.45) is 7.06. The minimum Gasteiger partial charge on any atom is -0.317 e. The summed E-state index contributed by atoms with van der Waals surface area (Å²) >= 11 is 0. The average Bonchev–Trinajstić information content (AvgIpc) is 2.14. The Labute approximate surface area is 65.7 Å². The molecular formula is C9H21N. The van der Waals surface area contributed by atoms with Crippen molar-refractivity contribution < 1.29 is 1.43 Å². The van der Waals surface area contributed by atoms with Crippen molar-refractivity contribution >= 4 is 0 Å². The van der Waals surface area contributed by atoms with Gasteiger partial charge in [-0.1, -0.05) is 19.8 Å². The smallest absolute Gasteiger partial charge is 0.00641 e. The molecule has 2 atom stereocenters. The third-order valence-corrected chi connectivity index (χ3v) is 2.67. The first-order chi connectivity index (χ1) is 4.83. The summed E-state index contributed by atoms with van der Waals surface area (Å²) in [6.45, 7) is 2.37. The van der Waals surface area contributed by atoms with E-state index in [-0.39, 0.29) is 1.43 Å². The predicted octanol–water partition coefficient (Wildman–Crippen LogP) is 2.42. The highest BCUT2D eigenvalue weighted by Gasteiger charge is 2.13. The van der Waals surface area contributed by atoms with Gasteiger partial charge in [-0.15, -0.1) is 0 Å². The standard InChI is InChI=1S/C9H19N.H2/c1-8-4-3-5-9(10-2)7-6-8;/h8-10H,3-7H2,1-2H3;1H/t8?,9-;/m1./s1. The van der Waals surface area contributed by atoms with Gasteiger partial charge in [0.1, 0.15) is 0 Å². The Morgan fingerprint density at radius 3 is 2.70 bits per heavy atom. The molecule has 0 spiro atoms. The van der Waals surface area contributed by atoms with Gasteiger partial charge in [0, 0.05) is 7.47 Å². The van der Waals surface area contributed by atoms with E-state index in [1.807, 2.05) is 0 Å². The van der Waals surface area contributed by atoms with Crippen LogP contribution in [0.15, 0.2) is 0 Å². The van der Waals surface area contributed by atoms with Crippen LogP contribution in [0.3, 0.4) is 0 Å². The van der Waals surface area contributed by atoms with Gasteiger partial charge in [0.15, 0.2) is 0 Å². The lowest BCUT2D eigenvalue weighted by Crippen LogP contribution is -2.23. The number of nitrogens with one attached hydrogen (secondary N) is 1. The van der Waals surface area contributed by atoms with Gasteiger partial charge in [-0.3, -0.25) is 0 Å². The zero-order chi connectivity index (χ0) is 7.40. The molecule has 1 N–H and O–H groups in total. The van der Waals surface area contributed by atoms with Crippen LogP contribution >= 0.6 is 0 Å². The van der Waals surface area contributed by atoms with Crippen LogP contribution in [-0.4, -0.2) is 13.1 Å². The van der Waals surface area contributed by atoms with Gasteiger partial charge >= 0.3 is 0 Å². The van der Waals surface area contributed by atoms with E-state index >= 15 is 0 Å². The molecule has 1 aliphatic carbocycles. The average molecular weight is 143 g/mol. The Kier molecular flexibility index (Phi) is 3.20. The fourth-order valence-electron chi connectivity index (χ4n) is 1.78. The summed E-state index contributed by atoms with van der Waals surface area (Å²) in [4.78, 5) is 0. The molecule has 1 nitrogen and oxygen atoms in total. The van der Waals surface area contributed by atoms with Crippen LogP contribution in [0.4, 0.5) is 0 Å². The van der Waals surface area contributed by atoms with Crippen molar-refractivity contribution in [2.75, 3.05) is 7.05 Å². The molecule has 10 heavy (non-hydrogen) atoms. The molecule has 62 valence electrons. The Morgan fingerprint density at radius 2 is 2.00 bits per heavy atom. The van der Waals surface area contributed by atoms with Crippen molar-refractivity contribution in [1.29, 1.82) is 0 Å². The Balaban J connectivity index is 0.000001000. The summed E-state index contributed by atoms with van der Waals surface area (Å²) in [5.74, 6) is 0.971. The largest absolute Gasteiger partial charge is 0.317 e. The van der Waals surface area contributed by atoms with E-state index < -0.39 is 0 Å². The third kappa shape index (κ3) is 2.30. The normalized spacial score (nSPS) is 35.4. The van der Waals surface area contributed by atoms with Gasteiger partial charge < -0.3 is 5.32 Å². The first-order valence-electron chi connectivity index (χ1n) is 4.50. The first-order valence-corrected chi connectivity index (χ1v) is 4.50. The van der Waals surface area contributed by atoms with Gasteiger partial charge in [-0.2, -0.15) is 0 Å². The van der Waals surface area contributed by atoms with E-state index in [1.54, 1.807) is 0 Å². The molecule has 1 unspecified atom stereocenters. The van der Waals surface area contributed by atoms with Gasteiger partial charge in [0.2, 0.25) is 0 Å². The minimum atomic E-state index is 0. The van der Waals surface area contributed by atoms with Crippen molar-refractivity contribution in [3.8, 4) is 0 Å². The number of hydrogen-bond donors (Lipinski definition) is 1. The maximum Gasteiger partial charge on any atom is 0.00641 e. The summed E-state index contributed by atoms with van der Waals surface area (Å²) in [5, 5.41) is 3.36. The molecule has 0 heterocycles. The van der Waals surface area contributed by atoms with Crippen LogP contribution < -0.4 is 5.32 Å². The molecule has 0 amide bonds. The van der Waals surface area contributed by atoms with Crippen LogP contribution in [-0.2, 0) is 0 Å². The zero-order valence-corrected chi connectivity index (χ0v) is 7.19. The highest BCUT2D eigenvalue weighted by atomic mass is 14.9. The molecule has 0 aromatic carbocycles. The SMILES string of the molecule is CN[C@@H]1CCCC(C)CC1.[HH]. The lowest BCUT2D eigenvalue weighted by Gasteiger charge is -2.11. The highest BCUT2D eigenvalue weighted by Crippen LogP contribution is 2.21. The van der Waals surface area contributed by atoms with Crippen molar-refractivity contribution in [2.45, 2.75) is 45.1 Å². The highest BCUT2D eigenvalue weighted by molar-refractivity contribution is 4.71. The van der Waals surface area contributed by atoms with Crippen LogP contribution in [0.25, 0.3) is 0 Å². The van der Waals surface area contributed by atoms with Gasteiger partial charge in [0.05, 0.1) is 0 Å². The second kappa shape index (κ2) is 3.97. The fraction of sp³-hybridized carbons (Fsp3) is 1.00. The zero-order valence-electron chi connectivity index (χ0n) is 7.19. The first kappa shape index (κ1) is 8.06. The molecule has 0 saturated heterocycles. The topological polar surface area (TPSA) is 12.0 Å². The van der Waals surface area contributed by atoms with E-state index in [0.29, 0.717) is 0 Å². The monoisotopic (exact) mass is 143 g/mol. The second-order valence-electron chi connectivity index (χ2n) is 3.60. The second-order valence-corrected chi connectivity index (χ2v) is 3.60. The van der Waals surface area contributed by atoms with E-state index in [9.17, 15) is 0 Å². The Morgan fingerprint density at radius 1 is 1.20 bits per heavy atom. The van der Waals surface area contributed by atoms with Crippen molar-refractivity contribution in [1.82, 2.24) is 5.32 Å². The molecule has 0 bridgehead atoms. The summed E-state index contributed by atoms with van der Waals surface area (Å²) in [7, 11) is 2.08. The molecule has 0 aromatic heterocycles. The molecule has 1 saturated carbocycles. The van der Waals surface area contributed by atoms with Gasteiger partial charge in [-0.05, 0) is 32.2 Å². The molecular weight excluding hydrogens is 122 g/mol. The Bertz CT molecular complexity index is 95.6. The maximum absolute atomic E-state index is 3.36. The maximum atomic E-state index is 3.36. The summed E-state index contributed by atoms with van der Waals surface area (Å²) < 4.78 is 0. The van der Waals surface area contributed by atoms with Crippen molar-refractivity contribution in [3.05, 3.63) is 0 Å².